The van der Waals surface area contributed by atoms with Gasteiger partial charge in [-0.2, -0.15) is 4.98 Å². The van der Waals surface area contributed by atoms with Crippen molar-refractivity contribution >= 4 is 16.8 Å². The number of aromatic amines is 1. The van der Waals surface area contributed by atoms with Gasteiger partial charge in [0.25, 0.3) is 0 Å². The first-order valence-corrected chi connectivity index (χ1v) is 9.70. The van der Waals surface area contributed by atoms with E-state index in [0.717, 1.165) is 27.7 Å². The van der Waals surface area contributed by atoms with E-state index in [1.54, 1.807) is 0 Å². The SMILES string of the molecule is Cc1cc(C)c2[nH]c(C)c(CC(=O)NCc3nc(Cc4ccccc4)no3)c2c1. The molecule has 0 spiro atoms. The molecule has 0 aliphatic carbocycles. The van der Waals surface area contributed by atoms with Gasteiger partial charge in [-0.15, -0.1) is 0 Å². The van der Waals surface area contributed by atoms with Gasteiger partial charge in [-0.25, -0.2) is 0 Å². The van der Waals surface area contributed by atoms with Crippen LogP contribution in [0.5, 0.6) is 0 Å². The molecule has 0 aliphatic heterocycles. The number of amides is 1. The van der Waals surface area contributed by atoms with Crippen LogP contribution in [-0.4, -0.2) is 21.0 Å². The van der Waals surface area contributed by atoms with E-state index in [1.807, 2.05) is 37.3 Å². The summed E-state index contributed by atoms with van der Waals surface area (Å²) in [6.07, 6.45) is 0.908. The van der Waals surface area contributed by atoms with Crippen LogP contribution < -0.4 is 5.32 Å². The van der Waals surface area contributed by atoms with Crippen LogP contribution in [0.1, 0.15) is 39.7 Å². The van der Waals surface area contributed by atoms with Gasteiger partial charge >= 0.3 is 0 Å². The molecule has 0 atom stereocenters. The van der Waals surface area contributed by atoms with Gasteiger partial charge in [-0.1, -0.05) is 47.1 Å². The Morgan fingerprint density at radius 1 is 1.14 bits per heavy atom. The average Bonchev–Trinajstić information content (AvgIpc) is 3.26. The Balaban J connectivity index is 1.40. The van der Waals surface area contributed by atoms with Gasteiger partial charge in [0, 0.05) is 23.0 Å². The first kappa shape index (κ1) is 18.9. The Morgan fingerprint density at radius 2 is 1.93 bits per heavy atom. The third-order valence-electron chi connectivity index (χ3n) is 5.06. The van der Waals surface area contributed by atoms with Crippen molar-refractivity contribution in [3.05, 3.63) is 82.1 Å². The number of carbonyl (C=O) groups excluding carboxylic acids is 1. The van der Waals surface area contributed by atoms with Crippen LogP contribution >= 0.6 is 0 Å². The van der Waals surface area contributed by atoms with Crippen molar-refractivity contribution in [2.24, 2.45) is 0 Å². The fraction of sp³-hybridized carbons (Fsp3) is 0.261. The summed E-state index contributed by atoms with van der Waals surface area (Å²) in [7, 11) is 0. The highest BCUT2D eigenvalue weighted by Gasteiger charge is 2.15. The maximum atomic E-state index is 12.5. The quantitative estimate of drug-likeness (QED) is 0.524. The molecule has 2 N–H and O–H groups in total. The number of rotatable bonds is 6. The summed E-state index contributed by atoms with van der Waals surface area (Å²) < 4.78 is 5.27. The van der Waals surface area contributed by atoms with Crippen molar-refractivity contribution in [2.45, 2.75) is 40.2 Å². The standard InChI is InChI=1S/C23H24N4O2/c1-14-9-15(2)23-19(10-14)18(16(3)25-23)12-21(28)24-13-22-26-20(27-29-22)11-17-7-5-4-6-8-17/h4-10,25H,11-13H2,1-3H3,(H,24,28). The van der Waals surface area contributed by atoms with Crippen LogP contribution in [0.15, 0.2) is 47.0 Å². The predicted octanol–water partition coefficient (Wildman–Crippen LogP) is 3.93. The molecule has 1 amide bonds. The fourth-order valence-corrected chi connectivity index (χ4v) is 3.67. The van der Waals surface area contributed by atoms with Crippen molar-refractivity contribution in [3.63, 3.8) is 0 Å². The number of benzene rings is 2. The normalized spacial score (nSPS) is 11.1. The summed E-state index contributed by atoms with van der Waals surface area (Å²) in [6.45, 7) is 6.38. The number of nitrogens with zero attached hydrogens (tertiary/aromatic N) is 2. The molecular formula is C23H24N4O2. The molecule has 2 aromatic carbocycles. The first-order chi connectivity index (χ1) is 14.0. The minimum Gasteiger partial charge on any atom is -0.358 e. The summed E-state index contributed by atoms with van der Waals surface area (Å²) in [5.41, 5.74) is 6.63. The molecule has 0 fully saturated rings. The molecule has 4 rings (SSSR count). The molecule has 0 radical (unpaired) electrons. The number of aryl methyl sites for hydroxylation is 3. The molecular weight excluding hydrogens is 364 g/mol. The van der Waals surface area contributed by atoms with Gasteiger partial charge in [0.15, 0.2) is 5.82 Å². The summed E-state index contributed by atoms with van der Waals surface area (Å²) in [5.74, 6) is 0.946. The number of aromatic nitrogens is 3. The molecule has 0 aliphatic rings. The Kier molecular flexibility index (Phi) is 5.16. The van der Waals surface area contributed by atoms with Gasteiger partial charge in [0.05, 0.1) is 13.0 Å². The van der Waals surface area contributed by atoms with Gasteiger partial charge < -0.3 is 14.8 Å². The zero-order valence-corrected chi connectivity index (χ0v) is 16.9. The van der Waals surface area contributed by atoms with Gasteiger partial charge in [0.2, 0.25) is 11.8 Å². The second-order valence-corrected chi connectivity index (χ2v) is 7.45. The van der Waals surface area contributed by atoms with Crippen LogP contribution in [0.2, 0.25) is 0 Å². The minimum absolute atomic E-state index is 0.0732. The highest BCUT2D eigenvalue weighted by Crippen LogP contribution is 2.26. The topological polar surface area (TPSA) is 83.8 Å². The highest BCUT2D eigenvalue weighted by atomic mass is 16.5. The van der Waals surface area contributed by atoms with Crippen LogP contribution in [0, 0.1) is 20.8 Å². The van der Waals surface area contributed by atoms with Crippen LogP contribution in [0.3, 0.4) is 0 Å². The third-order valence-corrected chi connectivity index (χ3v) is 5.06. The Hall–Kier alpha value is -3.41. The first-order valence-electron chi connectivity index (χ1n) is 9.70. The van der Waals surface area contributed by atoms with Crippen LogP contribution in [0.25, 0.3) is 10.9 Å². The van der Waals surface area contributed by atoms with E-state index in [-0.39, 0.29) is 12.5 Å². The molecule has 0 bridgehead atoms. The summed E-state index contributed by atoms with van der Waals surface area (Å²) in [5, 5.41) is 7.99. The van der Waals surface area contributed by atoms with Crippen molar-refractivity contribution in [1.29, 1.82) is 0 Å². The number of nitrogens with one attached hydrogen (secondary N) is 2. The molecule has 2 aromatic heterocycles. The maximum Gasteiger partial charge on any atom is 0.246 e. The largest absolute Gasteiger partial charge is 0.358 e. The molecule has 6 heteroatoms. The number of H-pyrrole nitrogens is 1. The zero-order valence-electron chi connectivity index (χ0n) is 16.9. The van der Waals surface area contributed by atoms with E-state index in [4.69, 9.17) is 4.52 Å². The van der Waals surface area contributed by atoms with Gasteiger partial charge in [-0.05, 0) is 43.5 Å². The summed E-state index contributed by atoms with van der Waals surface area (Å²) >= 11 is 0. The van der Waals surface area contributed by atoms with Crippen LogP contribution in [-0.2, 0) is 24.2 Å². The Morgan fingerprint density at radius 3 is 2.72 bits per heavy atom. The lowest BCUT2D eigenvalue weighted by atomic mass is 10.0. The molecule has 0 saturated heterocycles. The molecule has 29 heavy (non-hydrogen) atoms. The van der Waals surface area contributed by atoms with E-state index in [2.05, 4.69) is 46.4 Å². The molecule has 148 valence electrons. The van der Waals surface area contributed by atoms with Crippen molar-refractivity contribution in [3.8, 4) is 0 Å². The van der Waals surface area contributed by atoms with Crippen molar-refractivity contribution < 1.29 is 9.32 Å². The molecule has 0 saturated carbocycles. The number of hydrogen-bond acceptors (Lipinski definition) is 4. The van der Waals surface area contributed by atoms with Crippen molar-refractivity contribution in [1.82, 2.24) is 20.4 Å². The smallest absolute Gasteiger partial charge is 0.246 e. The number of hydrogen-bond donors (Lipinski definition) is 2. The fourth-order valence-electron chi connectivity index (χ4n) is 3.67. The lowest BCUT2D eigenvalue weighted by molar-refractivity contribution is -0.120. The van der Waals surface area contributed by atoms with E-state index >= 15 is 0 Å². The van der Waals surface area contributed by atoms with Crippen molar-refractivity contribution in [2.75, 3.05) is 0 Å². The molecule has 4 aromatic rings. The van der Waals surface area contributed by atoms with Crippen LogP contribution in [0.4, 0.5) is 0 Å². The third kappa shape index (κ3) is 4.21. The lowest BCUT2D eigenvalue weighted by Gasteiger charge is -2.04. The Bertz CT molecular complexity index is 1160. The summed E-state index contributed by atoms with van der Waals surface area (Å²) in [4.78, 5) is 20.3. The van der Waals surface area contributed by atoms with E-state index in [1.165, 1.54) is 11.1 Å². The summed E-state index contributed by atoms with van der Waals surface area (Å²) in [6, 6.07) is 14.2. The second kappa shape index (κ2) is 7.91. The van der Waals surface area contributed by atoms with Gasteiger partial charge in [-0.3, -0.25) is 4.79 Å². The molecule has 2 heterocycles. The average molecular weight is 388 g/mol. The lowest BCUT2D eigenvalue weighted by Crippen LogP contribution is -2.25. The number of fused-ring (bicyclic) bond motifs is 1. The van der Waals surface area contributed by atoms with E-state index < -0.39 is 0 Å². The zero-order chi connectivity index (χ0) is 20.4. The molecule has 6 nitrogen and oxygen atoms in total. The van der Waals surface area contributed by atoms with E-state index in [9.17, 15) is 4.79 Å². The highest BCUT2D eigenvalue weighted by molar-refractivity contribution is 5.92. The maximum absolute atomic E-state index is 12.5. The Labute approximate surface area is 169 Å². The molecule has 0 unspecified atom stereocenters. The monoisotopic (exact) mass is 388 g/mol. The predicted molar refractivity (Wildman–Crippen MR) is 112 cm³/mol. The number of carbonyl (C=O) groups is 1. The van der Waals surface area contributed by atoms with E-state index in [0.29, 0.717) is 24.6 Å². The van der Waals surface area contributed by atoms with Gasteiger partial charge in [0.1, 0.15) is 0 Å². The second-order valence-electron chi connectivity index (χ2n) is 7.45. The minimum atomic E-state index is -0.0732.